The molecule has 1 heterocycles. The summed E-state index contributed by atoms with van der Waals surface area (Å²) in [6, 6.07) is 16.0. The largest absolute Gasteiger partial charge is 0.495 e. The summed E-state index contributed by atoms with van der Waals surface area (Å²) in [4.78, 5) is 27.4. The summed E-state index contributed by atoms with van der Waals surface area (Å²) in [6.07, 6.45) is 1.35. The lowest BCUT2D eigenvalue weighted by molar-refractivity contribution is -0.123. The van der Waals surface area contributed by atoms with Crippen molar-refractivity contribution in [3.63, 3.8) is 0 Å². The molecule has 7 nitrogen and oxygen atoms in total. The van der Waals surface area contributed by atoms with Gasteiger partial charge in [0.15, 0.2) is 0 Å². The molecule has 0 saturated carbocycles. The first-order valence-corrected chi connectivity index (χ1v) is 10.0. The number of rotatable bonds is 6. The lowest BCUT2D eigenvalue weighted by atomic mass is 9.94. The summed E-state index contributed by atoms with van der Waals surface area (Å²) in [5.74, 6) is 0.334. The van der Waals surface area contributed by atoms with Gasteiger partial charge in [0.2, 0.25) is 11.8 Å². The van der Waals surface area contributed by atoms with Gasteiger partial charge in [-0.25, -0.2) is 0 Å². The number of hydrogen-bond donors (Lipinski definition) is 2. The first-order chi connectivity index (χ1) is 14.5. The molecule has 0 aliphatic carbocycles. The predicted molar refractivity (Wildman–Crippen MR) is 115 cm³/mol. The molecular weight excluding hydrogens is 380 g/mol. The molecule has 3 rings (SSSR count). The van der Waals surface area contributed by atoms with Gasteiger partial charge in [-0.1, -0.05) is 24.3 Å². The van der Waals surface area contributed by atoms with Gasteiger partial charge in [0.1, 0.15) is 11.8 Å². The molecule has 1 saturated heterocycles. The standard InChI is InChI=1S/C23H26N4O3/c1-16(22(28)25-19-8-4-3-7-18(19)15-24)27-13-11-17(12-14-27)23(29)26-20-9-5-6-10-21(20)30-2/h3-10,16-17H,11-14H2,1-2H3,(H,25,28)(H,26,29). The van der Waals surface area contributed by atoms with Gasteiger partial charge < -0.3 is 15.4 Å². The van der Waals surface area contributed by atoms with Crippen LogP contribution in [0.25, 0.3) is 0 Å². The Kier molecular flexibility index (Phi) is 7.04. The smallest absolute Gasteiger partial charge is 0.241 e. The first-order valence-electron chi connectivity index (χ1n) is 10.0. The van der Waals surface area contributed by atoms with Crippen LogP contribution in [0.15, 0.2) is 48.5 Å². The van der Waals surface area contributed by atoms with Crippen molar-refractivity contribution in [1.29, 1.82) is 5.26 Å². The summed E-state index contributed by atoms with van der Waals surface area (Å²) < 4.78 is 5.29. The molecule has 1 atom stereocenters. The Morgan fingerprint density at radius 2 is 1.70 bits per heavy atom. The minimum Gasteiger partial charge on any atom is -0.495 e. The zero-order valence-corrected chi connectivity index (χ0v) is 17.2. The highest BCUT2D eigenvalue weighted by molar-refractivity contribution is 5.96. The van der Waals surface area contributed by atoms with E-state index in [2.05, 4.69) is 21.6 Å². The van der Waals surface area contributed by atoms with E-state index >= 15 is 0 Å². The van der Waals surface area contributed by atoms with Crippen molar-refractivity contribution in [1.82, 2.24) is 4.90 Å². The Morgan fingerprint density at radius 3 is 2.37 bits per heavy atom. The number of para-hydroxylation sites is 3. The highest BCUT2D eigenvalue weighted by Gasteiger charge is 2.30. The molecule has 0 radical (unpaired) electrons. The molecule has 1 aliphatic heterocycles. The van der Waals surface area contributed by atoms with Crippen LogP contribution in [-0.2, 0) is 9.59 Å². The van der Waals surface area contributed by atoms with E-state index in [1.165, 1.54) is 0 Å². The second kappa shape index (κ2) is 9.90. The van der Waals surface area contributed by atoms with E-state index in [0.717, 1.165) is 0 Å². The van der Waals surface area contributed by atoms with Gasteiger partial charge in [0.05, 0.1) is 30.1 Å². The summed E-state index contributed by atoms with van der Waals surface area (Å²) >= 11 is 0. The normalized spacial score (nSPS) is 15.6. The third kappa shape index (κ3) is 4.97. The maximum atomic E-state index is 12.7. The molecule has 0 bridgehead atoms. The number of ether oxygens (including phenoxy) is 1. The Hall–Kier alpha value is -3.37. The molecule has 1 aliphatic rings. The van der Waals surface area contributed by atoms with Gasteiger partial charge in [0.25, 0.3) is 0 Å². The lowest BCUT2D eigenvalue weighted by Crippen LogP contribution is -2.47. The zero-order valence-electron chi connectivity index (χ0n) is 17.2. The number of carbonyl (C=O) groups is 2. The van der Waals surface area contributed by atoms with Crippen LogP contribution in [0, 0.1) is 17.2 Å². The molecule has 156 valence electrons. The summed E-state index contributed by atoms with van der Waals surface area (Å²) in [6.45, 7) is 3.15. The van der Waals surface area contributed by atoms with Gasteiger partial charge >= 0.3 is 0 Å². The molecule has 1 fully saturated rings. The van der Waals surface area contributed by atoms with E-state index < -0.39 is 0 Å². The molecule has 30 heavy (non-hydrogen) atoms. The van der Waals surface area contributed by atoms with Crippen LogP contribution in [0.3, 0.4) is 0 Å². The summed E-state index contributed by atoms with van der Waals surface area (Å²) in [5, 5.41) is 15.0. The van der Waals surface area contributed by atoms with Crippen LogP contribution in [0.4, 0.5) is 11.4 Å². The number of likely N-dealkylation sites (tertiary alicyclic amines) is 1. The second-order valence-corrected chi connectivity index (χ2v) is 7.32. The van der Waals surface area contributed by atoms with Crippen LogP contribution in [0.1, 0.15) is 25.3 Å². The monoisotopic (exact) mass is 406 g/mol. The van der Waals surface area contributed by atoms with Gasteiger partial charge in [0, 0.05) is 5.92 Å². The van der Waals surface area contributed by atoms with E-state index in [0.29, 0.717) is 48.6 Å². The number of nitrogens with one attached hydrogen (secondary N) is 2. The highest BCUT2D eigenvalue weighted by atomic mass is 16.5. The third-order valence-electron chi connectivity index (χ3n) is 5.50. The lowest BCUT2D eigenvalue weighted by Gasteiger charge is -2.34. The number of carbonyl (C=O) groups excluding carboxylic acids is 2. The van der Waals surface area contributed by atoms with E-state index in [-0.39, 0.29) is 23.8 Å². The van der Waals surface area contributed by atoms with Crippen LogP contribution >= 0.6 is 0 Å². The fourth-order valence-corrected chi connectivity index (χ4v) is 3.62. The molecule has 2 N–H and O–H groups in total. The maximum absolute atomic E-state index is 12.7. The zero-order chi connectivity index (χ0) is 21.5. The molecule has 1 unspecified atom stereocenters. The van der Waals surface area contributed by atoms with Gasteiger partial charge in [-0.3, -0.25) is 14.5 Å². The fraction of sp³-hybridized carbons (Fsp3) is 0.348. The molecule has 0 aromatic heterocycles. The van der Waals surface area contributed by atoms with Crippen molar-refractivity contribution in [2.24, 2.45) is 5.92 Å². The number of piperidine rings is 1. The average molecular weight is 406 g/mol. The van der Waals surface area contributed by atoms with E-state index in [1.807, 2.05) is 31.2 Å². The van der Waals surface area contributed by atoms with E-state index in [4.69, 9.17) is 4.74 Å². The molecule has 0 spiro atoms. The fourth-order valence-electron chi connectivity index (χ4n) is 3.62. The van der Waals surface area contributed by atoms with E-state index in [9.17, 15) is 14.9 Å². The Morgan fingerprint density at radius 1 is 1.07 bits per heavy atom. The van der Waals surface area contributed by atoms with Crippen molar-refractivity contribution >= 4 is 23.2 Å². The van der Waals surface area contributed by atoms with Crippen LogP contribution < -0.4 is 15.4 Å². The Bertz CT molecular complexity index is 945. The minimum absolute atomic E-state index is 0.0285. The topological polar surface area (TPSA) is 94.5 Å². The number of amides is 2. The summed E-state index contributed by atoms with van der Waals surface area (Å²) in [7, 11) is 1.57. The van der Waals surface area contributed by atoms with Gasteiger partial charge in [-0.15, -0.1) is 0 Å². The SMILES string of the molecule is COc1ccccc1NC(=O)C1CCN(C(C)C(=O)Nc2ccccc2C#N)CC1. The summed E-state index contributed by atoms with van der Waals surface area (Å²) in [5.41, 5.74) is 1.61. The van der Waals surface area contributed by atoms with Gasteiger partial charge in [-0.2, -0.15) is 5.26 Å². The van der Waals surface area contributed by atoms with E-state index in [1.54, 1.807) is 31.4 Å². The van der Waals surface area contributed by atoms with Crippen molar-refractivity contribution in [3.05, 3.63) is 54.1 Å². The number of nitriles is 1. The van der Waals surface area contributed by atoms with Crippen LogP contribution in [0.2, 0.25) is 0 Å². The third-order valence-corrected chi connectivity index (χ3v) is 5.50. The predicted octanol–water partition coefficient (Wildman–Crippen LogP) is 3.24. The molecular formula is C23H26N4O3. The number of benzene rings is 2. The van der Waals surface area contributed by atoms with Gasteiger partial charge in [-0.05, 0) is 57.1 Å². The quantitative estimate of drug-likeness (QED) is 0.768. The number of anilines is 2. The number of hydrogen-bond acceptors (Lipinski definition) is 5. The van der Waals surface area contributed by atoms with Crippen molar-refractivity contribution in [3.8, 4) is 11.8 Å². The minimum atomic E-state index is -0.352. The second-order valence-electron chi connectivity index (χ2n) is 7.32. The highest BCUT2D eigenvalue weighted by Crippen LogP contribution is 2.26. The maximum Gasteiger partial charge on any atom is 0.241 e. The van der Waals surface area contributed by atoms with Crippen molar-refractivity contribution < 1.29 is 14.3 Å². The van der Waals surface area contributed by atoms with Crippen LogP contribution in [0.5, 0.6) is 5.75 Å². The molecule has 2 aromatic carbocycles. The van der Waals surface area contributed by atoms with Crippen molar-refractivity contribution in [2.75, 3.05) is 30.8 Å². The molecule has 7 heteroatoms. The Balaban J connectivity index is 1.53. The van der Waals surface area contributed by atoms with Crippen molar-refractivity contribution in [2.45, 2.75) is 25.8 Å². The average Bonchev–Trinajstić information content (AvgIpc) is 2.79. The molecule has 2 amide bonds. The first kappa shape index (κ1) is 21.3. The molecule has 2 aromatic rings. The number of nitrogens with zero attached hydrogens (tertiary/aromatic N) is 2. The Labute approximate surface area is 176 Å². The number of methoxy groups -OCH3 is 1. The van der Waals surface area contributed by atoms with Crippen LogP contribution in [-0.4, -0.2) is 43.0 Å².